The third kappa shape index (κ3) is 8.91. The van der Waals surface area contributed by atoms with Crippen molar-refractivity contribution in [2.75, 3.05) is 25.4 Å². The van der Waals surface area contributed by atoms with E-state index in [0.717, 1.165) is 29.2 Å². The minimum atomic E-state index is -0.742. The zero-order valence-electron chi connectivity index (χ0n) is 19.7. The topological polar surface area (TPSA) is 68.2 Å². The fraction of sp³-hybridized carbons (Fsp3) is 0.500. The van der Waals surface area contributed by atoms with Gasteiger partial charge in [-0.05, 0) is 62.6 Å². The molecule has 2 aromatic rings. The highest BCUT2D eigenvalue weighted by Gasteiger charge is 2.32. The number of carbonyl (C=O) groups is 1. The van der Waals surface area contributed by atoms with Crippen molar-refractivity contribution in [2.45, 2.75) is 57.0 Å². The zero-order chi connectivity index (χ0) is 23.7. The number of nitrogens with zero attached hydrogens (tertiary/aromatic N) is 1. The van der Waals surface area contributed by atoms with E-state index in [-0.39, 0.29) is 12.5 Å². The normalized spacial score (nSPS) is 19.2. The summed E-state index contributed by atoms with van der Waals surface area (Å²) in [5, 5.41) is 12.1. The van der Waals surface area contributed by atoms with Gasteiger partial charge in [-0.2, -0.15) is 11.8 Å². The van der Waals surface area contributed by atoms with Crippen LogP contribution in [0.5, 0.6) is 5.75 Å². The number of hydrogen-bond acceptors (Lipinski definition) is 7. The van der Waals surface area contributed by atoms with Crippen LogP contribution in [0, 0.1) is 0 Å². The summed E-state index contributed by atoms with van der Waals surface area (Å²) in [7, 11) is 0. The maximum atomic E-state index is 11.8. The van der Waals surface area contributed by atoms with Crippen molar-refractivity contribution in [3.63, 3.8) is 0 Å². The maximum absolute atomic E-state index is 11.8. The van der Waals surface area contributed by atoms with E-state index in [0.29, 0.717) is 19.6 Å². The number of rotatable bonds is 9. The van der Waals surface area contributed by atoms with Gasteiger partial charge in [0, 0.05) is 18.2 Å². The van der Waals surface area contributed by atoms with Crippen LogP contribution in [0.25, 0.3) is 0 Å². The molecule has 1 heterocycles. The van der Waals surface area contributed by atoms with Gasteiger partial charge < -0.3 is 19.4 Å². The molecular formula is C26H35NO5S. The van der Waals surface area contributed by atoms with Crippen LogP contribution in [0.2, 0.25) is 0 Å². The van der Waals surface area contributed by atoms with Gasteiger partial charge in [0.2, 0.25) is 0 Å². The average Bonchev–Trinajstić information content (AvgIpc) is 2.76. The molecule has 2 aromatic carbocycles. The smallest absolute Gasteiger partial charge is 0.494 e. The van der Waals surface area contributed by atoms with Gasteiger partial charge in [0.15, 0.2) is 0 Å². The van der Waals surface area contributed by atoms with Gasteiger partial charge in [0.25, 0.3) is 0 Å². The number of hydrogen-bond donors (Lipinski definition) is 1. The number of β-amino-alcohol motifs (C(OH)–C–C–N with tert-alkyl or cyclic N) is 1. The van der Waals surface area contributed by atoms with Crippen LogP contribution in [0.3, 0.4) is 0 Å². The van der Waals surface area contributed by atoms with Crippen LogP contribution >= 0.6 is 11.8 Å². The predicted octanol–water partition coefficient (Wildman–Crippen LogP) is 5.41. The molecule has 0 saturated carbocycles. The Balaban J connectivity index is 1.36. The standard InChI is InChI=1S/C26H35NO5S/c1-26(2,3)31-25(29)32-27-15-14-23(24(28)18-27)21-10-12-22(13-11-21)30-16-7-17-33-19-20-8-5-4-6-9-20/h4-6,8-13,23-24,28H,7,14-19H2,1-3H3. The van der Waals surface area contributed by atoms with Crippen LogP contribution in [0.4, 0.5) is 4.79 Å². The Kier molecular flexibility index (Phi) is 9.47. The Morgan fingerprint density at radius 1 is 1.12 bits per heavy atom. The molecule has 0 amide bonds. The molecule has 3 rings (SSSR count). The first kappa shape index (κ1) is 25.4. The highest BCUT2D eigenvalue weighted by atomic mass is 32.2. The van der Waals surface area contributed by atoms with E-state index < -0.39 is 17.9 Å². The van der Waals surface area contributed by atoms with Crippen molar-refractivity contribution in [1.82, 2.24) is 5.06 Å². The summed E-state index contributed by atoms with van der Waals surface area (Å²) in [5.41, 5.74) is 1.80. The lowest BCUT2D eigenvalue weighted by atomic mass is 9.88. The monoisotopic (exact) mass is 473 g/mol. The summed E-state index contributed by atoms with van der Waals surface area (Å²) in [6.07, 6.45) is 0.305. The summed E-state index contributed by atoms with van der Waals surface area (Å²) in [6.45, 7) is 6.84. The number of hydroxylamine groups is 2. The second-order valence-electron chi connectivity index (χ2n) is 9.22. The molecule has 1 saturated heterocycles. The highest BCUT2D eigenvalue weighted by molar-refractivity contribution is 7.98. The molecule has 0 bridgehead atoms. The zero-order valence-corrected chi connectivity index (χ0v) is 20.6. The van der Waals surface area contributed by atoms with Gasteiger partial charge in [-0.15, -0.1) is 5.06 Å². The van der Waals surface area contributed by atoms with E-state index in [2.05, 4.69) is 24.3 Å². The Hall–Kier alpha value is -2.22. The fourth-order valence-electron chi connectivity index (χ4n) is 3.67. The van der Waals surface area contributed by atoms with Crippen molar-refractivity contribution in [3.05, 3.63) is 65.7 Å². The second-order valence-corrected chi connectivity index (χ2v) is 10.3. The highest BCUT2D eigenvalue weighted by Crippen LogP contribution is 2.30. The number of aliphatic hydroxyl groups excluding tert-OH is 1. The van der Waals surface area contributed by atoms with Gasteiger partial charge >= 0.3 is 6.16 Å². The average molecular weight is 474 g/mol. The molecule has 1 fully saturated rings. The summed E-state index contributed by atoms with van der Waals surface area (Å²) in [5.74, 6) is 2.92. The van der Waals surface area contributed by atoms with E-state index in [4.69, 9.17) is 14.3 Å². The first-order valence-electron chi connectivity index (χ1n) is 11.5. The van der Waals surface area contributed by atoms with Crippen LogP contribution in [0.1, 0.15) is 50.7 Å². The Morgan fingerprint density at radius 2 is 1.85 bits per heavy atom. The van der Waals surface area contributed by atoms with E-state index in [1.165, 1.54) is 10.6 Å². The van der Waals surface area contributed by atoms with E-state index in [9.17, 15) is 9.90 Å². The van der Waals surface area contributed by atoms with Crippen LogP contribution in [-0.2, 0) is 15.3 Å². The molecule has 33 heavy (non-hydrogen) atoms. The number of benzene rings is 2. The first-order chi connectivity index (χ1) is 15.8. The molecule has 0 aromatic heterocycles. The lowest BCUT2D eigenvalue weighted by Crippen LogP contribution is -2.44. The van der Waals surface area contributed by atoms with Crippen molar-refractivity contribution >= 4 is 17.9 Å². The fourth-order valence-corrected chi connectivity index (χ4v) is 4.57. The SMILES string of the molecule is CC(C)(C)OC(=O)ON1CCC(c2ccc(OCCCSCc3ccccc3)cc2)C(O)C1. The molecule has 6 nitrogen and oxygen atoms in total. The third-order valence-electron chi connectivity index (χ3n) is 5.26. The van der Waals surface area contributed by atoms with Gasteiger partial charge in [0.05, 0.1) is 19.3 Å². The maximum Gasteiger partial charge on any atom is 0.528 e. The molecule has 1 N–H and O–H groups in total. The largest absolute Gasteiger partial charge is 0.528 e. The number of thioether (sulfide) groups is 1. The van der Waals surface area contributed by atoms with Crippen LogP contribution in [0.15, 0.2) is 54.6 Å². The first-order valence-corrected chi connectivity index (χ1v) is 12.6. The third-order valence-corrected chi connectivity index (χ3v) is 6.37. The van der Waals surface area contributed by atoms with E-state index >= 15 is 0 Å². The van der Waals surface area contributed by atoms with Crippen molar-refractivity contribution in [1.29, 1.82) is 0 Å². The van der Waals surface area contributed by atoms with Crippen LogP contribution < -0.4 is 4.74 Å². The Morgan fingerprint density at radius 3 is 2.52 bits per heavy atom. The molecule has 1 aliphatic rings. The Bertz CT molecular complexity index is 853. The number of piperidine rings is 1. The van der Waals surface area contributed by atoms with Crippen molar-refractivity contribution in [3.8, 4) is 5.75 Å². The summed E-state index contributed by atoms with van der Waals surface area (Å²) < 4.78 is 11.0. The van der Waals surface area contributed by atoms with E-state index in [1.807, 2.05) is 42.1 Å². The molecular weight excluding hydrogens is 438 g/mol. The molecule has 2 atom stereocenters. The van der Waals surface area contributed by atoms with Crippen LogP contribution in [-0.4, -0.2) is 53.5 Å². The minimum Gasteiger partial charge on any atom is -0.494 e. The van der Waals surface area contributed by atoms with Gasteiger partial charge in [0.1, 0.15) is 11.4 Å². The molecule has 0 aliphatic carbocycles. The lowest BCUT2D eigenvalue weighted by molar-refractivity contribution is -0.170. The summed E-state index contributed by atoms with van der Waals surface area (Å²) in [6, 6.07) is 18.4. The predicted molar refractivity (Wildman–Crippen MR) is 131 cm³/mol. The quantitative estimate of drug-likeness (QED) is 0.386. The van der Waals surface area contributed by atoms with Gasteiger partial charge in [-0.3, -0.25) is 0 Å². The second kappa shape index (κ2) is 12.3. The molecule has 180 valence electrons. The molecule has 7 heteroatoms. The number of carbonyl (C=O) groups excluding carboxylic acids is 1. The molecule has 1 aliphatic heterocycles. The minimum absolute atomic E-state index is 0.00748. The molecule has 2 unspecified atom stereocenters. The Labute approximate surface area is 201 Å². The van der Waals surface area contributed by atoms with Crippen molar-refractivity contribution in [2.24, 2.45) is 0 Å². The summed E-state index contributed by atoms with van der Waals surface area (Å²) >= 11 is 1.92. The number of ether oxygens (including phenoxy) is 2. The number of aliphatic hydroxyl groups is 1. The molecule has 0 radical (unpaired) electrons. The summed E-state index contributed by atoms with van der Waals surface area (Å²) in [4.78, 5) is 17.1. The molecule has 0 spiro atoms. The van der Waals surface area contributed by atoms with E-state index in [1.54, 1.807) is 20.8 Å². The van der Waals surface area contributed by atoms with Gasteiger partial charge in [-0.25, -0.2) is 4.79 Å². The lowest BCUT2D eigenvalue weighted by Gasteiger charge is -2.34. The van der Waals surface area contributed by atoms with Gasteiger partial charge in [-0.1, -0.05) is 42.5 Å². The van der Waals surface area contributed by atoms with Crippen molar-refractivity contribution < 1.29 is 24.2 Å².